The number of rotatable bonds is 3. The van der Waals surface area contributed by atoms with Gasteiger partial charge in [0.2, 0.25) is 0 Å². The molecule has 4 nitrogen and oxygen atoms in total. The number of nitrogens with one attached hydrogen (secondary N) is 2. The Balaban J connectivity index is 1.70. The van der Waals surface area contributed by atoms with Crippen molar-refractivity contribution < 1.29 is 4.79 Å². The summed E-state index contributed by atoms with van der Waals surface area (Å²) in [5.41, 5.74) is 1.41. The Labute approximate surface area is 132 Å². The molecule has 21 heavy (non-hydrogen) atoms. The quantitative estimate of drug-likeness (QED) is 0.914. The molecule has 0 bridgehead atoms. The molecule has 1 atom stereocenters. The third kappa shape index (κ3) is 3.61. The van der Waals surface area contributed by atoms with E-state index in [2.05, 4.69) is 15.6 Å². The molecule has 1 aliphatic rings. The third-order valence-corrected chi connectivity index (χ3v) is 4.57. The molecule has 0 saturated carbocycles. The van der Waals surface area contributed by atoms with Gasteiger partial charge in [-0.15, -0.1) is 11.3 Å². The van der Waals surface area contributed by atoms with Gasteiger partial charge in [-0.3, -0.25) is 4.79 Å². The van der Waals surface area contributed by atoms with Crippen LogP contribution in [0.1, 0.15) is 23.3 Å². The van der Waals surface area contributed by atoms with Gasteiger partial charge in [0, 0.05) is 28.6 Å². The zero-order valence-corrected chi connectivity index (χ0v) is 13.0. The Morgan fingerprint density at radius 1 is 1.48 bits per heavy atom. The van der Waals surface area contributed by atoms with Crippen LogP contribution >= 0.6 is 22.9 Å². The zero-order chi connectivity index (χ0) is 14.7. The van der Waals surface area contributed by atoms with Crippen LogP contribution in [-0.4, -0.2) is 30.0 Å². The number of nitrogens with zero attached hydrogens (tertiary/aromatic N) is 1. The molecule has 2 heterocycles. The molecule has 1 aromatic heterocycles. The fourth-order valence-electron chi connectivity index (χ4n) is 2.37. The fraction of sp³-hybridized carbons (Fsp3) is 0.333. The summed E-state index contributed by atoms with van der Waals surface area (Å²) in [6.45, 7) is 1.86. The van der Waals surface area contributed by atoms with E-state index >= 15 is 0 Å². The van der Waals surface area contributed by atoms with Gasteiger partial charge in [-0.25, -0.2) is 4.98 Å². The highest BCUT2D eigenvalue weighted by molar-refractivity contribution is 7.13. The average Bonchev–Trinajstić information content (AvgIpc) is 2.98. The number of aromatic nitrogens is 1. The van der Waals surface area contributed by atoms with Crippen LogP contribution in [-0.2, 0) is 0 Å². The topological polar surface area (TPSA) is 54.0 Å². The molecule has 6 heteroatoms. The molecule has 0 aliphatic carbocycles. The van der Waals surface area contributed by atoms with Crippen molar-refractivity contribution in [2.45, 2.75) is 18.9 Å². The highest BCUT2D eigenvalue weighted by Gasteiger charge is 2.18. The maximum absolute atomic E-state index is 12.2. The number of hydrogen-bond acceptors (Lipinski definition) is 4. The van der Waals surface area contributed by atoms with E-state index in [-0.39, 0.29) is 11.9 Å². The van der Waals surface area contributed by atoms with Crippen molar-refractivity contribution in [2.24, 2.45) is 0 Å². The van der Waals surface area contributed by atoms with Gasteiger partial charge in [0.25, 0.3) is 5.91 Å². The lowest BCUT2D eigenvalue weighted by molar-refractivity contribution is 0.0926. The normalized spacial score (nSPS) is 18.4. The molecule has 3 rings (SSSR count). The van der Waals surface area contributed by atoms with Gasteiger partial charge in [-0.1, -0.05) is 23.7 Å². The van der Waals surface area contributed by atoms with E-state index < -0.39 is 0 Å². The summed E-state index contributed by atoms with van der Waals surface area (Å²) in [6.07, 6.45) is 2.11. The highest BCUT2D eigenvalue weighted by atomic mass is 35.5. The lowest BCUT2D eigenvalue weighted by Gasteiger charge is -2.23. The molecule has 0 spiro atoms. The van der Waals surface area contributed by atoms with Crippen LogP contribution in [0.5, 0.6) is 0 Å². The number of carbonyl (C=O) groups is 1. The Kier molecular flexibility index (Phi) is 4.53. The zero-order valence-electron chi connectivity index (χ0n) is 11.4. The summed E-state index contributed by atoms with van der Waals surface area (Å²) in [6, 6.07) is 7.70. The first-order valence-corrected chi connectivity index (χ1v) is 8.21. The van der Waals surface area contributed by atoms with Crippen LogP contribution in [0.15, 0.2) is 29.6 Å². The molecular weight excluding hydrogens is 306 g/mol. The van der Waals surface area contributed by atoms with Crippen LogP contribution in [0.2, 0.25) is 5.02 Å². The molecule has 1 aliphatic heterocycles. The van der Waals surface area contributed by atoms with Gasteiger partial charge in [0.15, 0.2) is 0 Å². The maximum atomic E-state index is 12.2. The lowest BCUT2D eigenvalue weighted by atomic mass is 10.1. The highest BCUT2D eigenvalue weighted by Crippen LogP contribution is 2.26. The Bertz CT molecular complexity index is 637. The fourth-order valence-corrected chi connectivity index (χ4v) is 3.35. The van der Waals surface area contributed by atoms with Crippen molar-refractivity contribution in [3.8, 4) is 10.6 Å². The molecule has 110 valence electrons. The Morgan fingerprint density at radius 3 is 3.14 bits per heavy atom. The molecule has 1 amide bonds. The minimum atomic E-state index is -0.103. The van der Waals surface area contributed by atoms with Crippen LogP contribution in [0.4, 0.5) is 0 Å². The van der Waals surface area contributed by atoms with E-state index in [0.29, 0.717) is 10.7 Å². The lowest BCUT2D eigenvalue weighted by Crippen LogP contribution is -2.45. The van der Waals surface area contributed by atoms with Crippen molar-refractivity contribution in [1.82, 2.24) is 15.6 Å². The SMILES string of the molecule is O=C(NC1CCCNC1)c1csc(-c2cccc(Cl)c2)n1. The molecule has 2 N–H and O–H groups in total. The van der Waals surface area contributed by atoms with Crippen molar-refractivity contribution in [2.75, 3.05) is 13.1 Å². The molecule has 1 saturated heterocycles. The molecular formula is C15H16ClN3OS. The molecule has 1 unspecified atom stereocenters. The van der Waals surface area contributed by atoms with Crippen molar-refractivity contribution >= 4 is 28.8 Å². The van der Waals surface area contributed by atoms with Crippen molar-refractivity contribution in [3.63, 3.8) is 0 Å². The Morgan fingerprint density at radius 2 is 2.38 bits per heavy atom. The molecule has 1 fully saturated rings. The van der Waals surface area contributed by atoms with Crippen LogP contribution in [0.3, 0.4) is 0 Å². The number of hydrogen-bond donors (Lipinski definition) is 2. The molecule has 0 radical (unpaired) electrons. The van der Waals surface area contributed by atoms with E-state index in [0.717, 1.165) is 36.5 Å². The number of halogens is 1. The summed E-state index contributed by atoms with van der Waals surface area (Å²) in [4.78, 5) is 16.6. The van der Waals surface area contributed by atoms with Gasteiger partial charge >= 0.3 is 0 Å². The first-order chi connectivity index (χ1) is 10.2. The maximum Gasteiger partial charge on any atom is 0.271 e. The van der Waals surface area contributed by atoms with Gasteiger partial charge in [0.1, 0.15) is 10.7 Å². The first-order valence-electron chi connectivity index (χ1n) is 6.95. The minimum absolute atomic E-state index is 0.103. The average molecular weight is 322 g/mol. The summed E-state index contributed by atoms with van der Waals surface area (Å²) >= 11 is 7.44. The van der Waals surface area contributed by atoms with Crippen LogP contribution < -0.4 is 10.6 Å². The van der Waals surface area contributed by atoms with E-state index in [1.165, 1.54) is 11.3 Å². The van der Waals surface area contributed by atoms with E-state index in [9.17, 15) is 4.79 Å². The van der Waals surface area contributed by atoms with Crippen LogP contribution in [0.25, 0.3) is 10.6 Å². The number of piperidine rings is 1. The monoisotopic (exact) mass is 321 g/mol. The van der Waals surface area contributed by atoms with Gasteiger partial charge < -0.3 is 10.6 Å². The largest absolute Gasteiger partial charge is 0.347 e. The van der Waals surface area contributed by atoms with Gasteiger partial charge in [-0.2, -0.15) is 0 Å². The number of thiazole rings is 1. The van der Waals surface area contributed by atoms with Gasteiger partial charge in [-0.05, 0) is 31.5 Å². The number of benzene rings is 1. The summed E-state index contributed by atoms with van der Waals surface area (Å²) in [5, 5.41) is 9.58. The minimum Gasteiger partial charge on any atom is -0.347 e. The smallest absolute Gasteiger partial charge is 0.271 e. The van der Waals surface area contributed by atoms with Crippen molar-refractivity contribution in [1.29, 1.82) is 0 Å². The first kappa shape index (κ1) is 14.5. The second-order valence-electron chi connectivity index (χ2n) is 5.06. The molecule has 1 aromatic carbocycles. The number of amides is 1. The van der Waals surface area contributed by atoms with E-state index in [4.69, 9.17) is 11.6 Å². The summed E-state index contributed by atoms with van der Waals surface area (Å²) in [5.74, 6) is -0.103. The predicted molar refractivity (Wildman–Crippen MR) is 85.9 cm³/mol. The number of carbonyl (C=O) groups excluding carboxylic acids is 1. The van der Waals surface area contributed by atoms with E-state index in [1.807, 2.05) is 24.3 Å². The van der Waals surface area contributed by atoms with Gasteiger partial charge in [0.05, 0.1) is 0 Å². The second-order valence-corrected chi connectivity index (χ2v) is 6.36. The van der Waals surface area contributed by atoms with Crippen molar-refractivity contribution in [3.05, 3.63) is 40.4 Å². The Hall–Kier alpha value is -1.43. The summed E-state index contributed by atoms with van der Waals surface area (Å²) < 4.78 is 0. The molecule has 2 aromatic rings. The summed E-state index contributed by atoms with van der Waals surface area (Å²) in [7, 11) is 0. The predicted octanol–water partition coefficient (Wildman–Crippen LogP) is 2.95. The second kappa shape index (κ2) is 6.56. The van der Waals surface area contributed by atoms with E-state index in [1.54, 1.807) is 5.38 Å². The van der Waals surface area contributed by atoms with Crippen LogP contribution in [0, 0.1) is 0 Å². The standard InChI is InChI=1S/C15H16ClN3OS/c16-11-4-1-3-10(7-11)15-19-13(9-21-15)14(20)18-12-5-2-6-17-8-12/h1,3-4,7,9,12,17H,2,5-6,8H2,(H,18,20). The third-order valence-electron chi connectivity index (χ3n) is 3.44.